The Kier molecular flexibility index (Phi) is 5.05. The first-order chi connectivity index (χ1) is 11.6. The summed E-state index contributed by atoms with van der Waals surface area (Å²) in [7, 11) is 0. The molecule has 1 heterocycles. The van der Waals surface area contributed by atoms with Gasteiger partial charge in [-0.3, -0.25) is 4.79 Å². The molecule has 0 saturated heterocycles. The summed E-state index contributed by atoms with van der Waals surface area (Å²) >= 11 is 0. The monoisotopic (exact) mass is 326 g/mol. The first-order valence-electron chi connectivity index (χ1n) is 8.23. The first kappa shape index (κ1) is 16.4. The number of ether oxygens (including phenoxy) is 1. The maximum absolute atomic E-state index is 12.1. The molecule has 1 aromatic heterocycles. The van der Waals surface area contributed by atoms with Gasteiger partial charge in [-0.2, -0.15) is 0 Å². The molecule has 6 nitrogen and oxygen atoms in total. The second kappa shape index (κ2) is 7.40. The van der Waals surface area contributed by atoms with Crippen LogP contribution >= 0.6 is 0 Å². The summed E-state index contributed by atoms with van der Waals surface area (Å²) in [5.41, 5.74) is 7.60. The van der Waals surface area contributed by atoms with Crippen LogP contribution in [0.5, 0.6) is 11.8 Å². The lowest BCUT2D eigenvalue weighted by Crippen LogP contribution is -2.28. The summed E-state index contributed by atoms with van der Waals surface area (Å²) in [5, 5.41) is 2.91. The number of aromatic nitrogens is 2. The summed E-state index contributed by atoms with van der Waals surface area (Å²) in [6, 6.07) is 9.44. The van der Waals surface area contributed by atoms with E-state index in [2.05, 4.69) is 15.3 Å². The minimum atomic E-state index is 0.00744. The Morgan fingerprint density at radius 3 is 2.75 bits per heavy atom. The number of carbonyl (C=O) groups excluding carboxylic acids is 1. The smallest absolute Gasteiger partial charge is 0.322 e. The van der Waals surface area contributed by atoms with E-state index in [-0.39, 0.29) is 11.9 Å². The number of hydrogen-bond acceptors (Lipinski definition) is 5. The SMILES string of the molecule is Cc1ccnc(Oc2ccc(NC(=O)C[C@@H]3CCC[C@H]3N)cc2)n1. The highest BCUT2D eigenvalue weighted by molar-refractivity contribution is 5.90. The molecule has 6 heteroatoms. The van der Waals surface area contributed by atoms with E-state index in [1.807, 2.05) is 13.0 Å². The summed E-state index contributed by atoms with van der Waals surface area (Å²) in [6.07, 6.45) is 5.31. The Balaban J connectivity index is 1.55. The van der Waals surface area contributed by atoms with Crippen LogP contribution in [0, 0.1) is 12.8 Å². The third-order valence-electron chi connectivity index (χ3n) is 4.29. The van der Waals surface area contributed by atoms with Crippen molar-refractivity contribution in [2.75, 3.05) is 5.32 Å². The Labute approximate surface area is 141 Å². The molecular weight excluding hydrogens is 304 g/mol. The van der Waals surface area contributed by atoms with Crippen molar-refractivity contribution in [2.45, 2.75) is 38.6 Å². The van der Waals surface area contributed by atoms with E-state index < -0.39 is 0 Å². The van der Waals surface area contributed by atoms with Gasteiger partial charge in [-0.25, -0.2) is 9.97 Å². The molecule has 0 spiro atoms. The molecule has 1 aromatic carbocycles. The van der Waals surface area contributed by atoms with Crippen molar-refractivity contribution in [3.63, 3.8) is 0 Å². The van der Waals surface area contributed by atoms with E-state index in [1.54, 1.807) is 30.5 Å². The lowest BCUT2D eigenvalue weighted by Gasteiger charge is -2.14. The number of nitrogens with one attached hydrogen (secondary N) is 1. The fraction of sp³-hybridized carbons (Fsp3) is 0.389. The molecule has 0 bridgehead atoms. The van der Waals surface area contributed by atoms with Gasteiger partial charge in [0.15, 0.2) is 0 Å². The molecule has 0 radical (unpaired) electrons. The molecule has 0 unspecified atom stereocenters. The van der Waals surface area contributed by atoms with Gasteiger partial charge in [0.2, 0.25) is 5.91 Å². The van der Waals surface area contributed by atoms with Crippen LogP contribution in [-0.4, -0.2) is 21.9 Å². The molecule has 1 aliphatic rings. The normalized spacial score (nSPS) is 19.9. The van der Waals surface area contributed by atoms with Crippen molar-refractivity contribution in [3.05, 3.63) is 42.2 Å². The molecule has 1 aliphatic carbocycles. The van der Waals surface area contributed by atoms with E-state index >= 15 is 0 Å². The van der Waals surface area contributed by atoms with E-state index in [0.717, 1.165) is 30.6 Å². The average Bonchev–Trinajstić information content (AvgIpc) is 2.94. The average molecular weight is 326 g/mol. The summed E-state index contributed by atoms with van der Waals surface area (Å²) in [4.78, 5) is 20.4. The number of rotatable bonds is 5. The minimum Gasteiger partial charge on any atom is -0.424 e. The van der Waals surface area contributed by atoms with Gasteiger partial charge >= 0.3 is 6.01 Å². The largest absolute Gasteiger partial charge is 0.424 e. The van der Waals surface area contributed by atoms with Gasteiger partial charge in [-0.05, 0) is 56.0 Å². The van der Waals surface area contributed by atoms with Crippen LogP contribution in [0.1, 0.15) is 31.4 Å². The van der Waals surface area contributed by atoms with Crippen molar-refractivity contribution in [3.8, 4) is 11.8 Å². The molecule has 3 N–H and O–H groups in total. The zero-order chi connectivity index (χ0) is 16.9. The number of nitrogens with two attached hydrogens (primary N) is 1. The lowest BCUT2D eigenvalue weighted by molar-refractivity contribution is -0.117. The summed E-state index contributed by atoms with van der Waals surface area (Å²) in [5.74, 6) is 0.926. The zero-order valence-corrected chi connectivity index (χ0v) is 13.7. The lowest BCUT2D eigenvalue weighted by atomic mass is 10.00. The van der Waals surface area contributed by atoms with Crippen LogP contribution in [0.3, 0.4) is 0 Å². The third kappa shape index (κ3) is 4.29. The van der Waals surface area contributed by atoms with Crippen LogP contribution in [0.4, 0.5) is 5.69 Å². The molecule has 1 fully saturated rings. The minimum absolute atomic E-state index is 0.00744. The van der Waals surface area contributed by atoms with Gasteiger partial charge in [-0.15, -0.1) is 0 Å². The highest BCUT2D eigenvalue weighted by atomic mass is 16.5. The molecule has 1 amide bonds. The molecule has 1 saturated carbocycles. The molecule has 126 valence electrons. The fourth-order valence-corrected chi connectivity index (χ4v) is 2.96. The van der Waals surface area contributed by atoms with Crippen LogP contribution in [0.15, 0.2) is 36.5 Å². The maximum Gasteiger partial charge on any atom is 0.322 e. The fourth-order valence-electron chi connectivity index (χ4n) is 2.96. The topological polar surface area (TPSA) is 90.1 Å². The number of anilines is 1. The van der Waals surface area contributed by atoms with Crippen LogP contribution in [-0.2, 0) is 4.79 Å². The van der Waals surface area contributed by atoms with Gasteiger partial charge in [0.25, 0.3) is 0 Å². The zero-order valence-electron chi connectivity index (χ0n) is 13.7. The third-order valence-corrected chi connectivity index (χ3v) is 4.29. The Bertz CT molecular complexity index is 702. The molecular formula is C18H22N4O2. The van der Waals surface area contributed by atoms with Gasteiger partial charge in [0.1, 0.15) is 5.75 Å². The molecule has 2 atom stereocenters. The number of nitrogens with zero attached hydrogens (tertiary/aromatic N) is 2. The Hall–Kier alpha value is -2.47. The van der Waals surface area contributed by atoms with Crippen molar-refractivity contribution in [1.29, 1.82) is 0 Å². The number of carbonyl (C=O) groups is 1. The van der Waals surface area contributed by atoms with Gasteiger partial charge < -0.3 is 15.8 Å². The highest BCUT2D eigenvalue weighted by Crippen LogP contribution is 2.27. The van der Waals surface area contributed by atoms with Crippen molar-refractivity contribution >= 4 is 11.6 Å². The Morgan fingerprint density at radius 1 is 1.29 bits per heavy atom. The predicted octanol–water partition coefficient (Wildman–Crippen LogP) is 3.03. The van der Waals surface area contributed by atoms with Crippen molar-refractivity contribution in [1.82, 2.24) is 9.97 Å². The van der Waals surface area contributed by atoms with Crippen molar-refractivity contribution in [2.24, 2.45) is 11.7 Å². The second-order valence-corrected chi connectivity index (χ2v) is 6.21. The highest BCUT2D eigenvalue weighted by Gasteiger charge is 2.25. The van der Waals surface area contributed by atoms with E-state index in [0.29, 0.717) is 24.1 Å². The van der Waals surface area contributed by atoms with Gasteiger partial charge in [0.05, 0.1) is 0 Å². The number of aryl methyl sites for hydroxylation is 1. The van der Waals surface area contributed by atoms with Crippen molar-refractivity contribution < 1.29 is 9.53 Å². The maximum atomic E-state index is 12.1. The quantitative estimate of drug-likeness (QED) is 0.881. The predicted molar refractivity (Wildman–Crippen MR) is 91.8 cm³/mol. The number of benzene rings is 1. The van der Waals surface area contributed by atoms with Gasteiger partial charge in [-0.1, -0.05) is 6.42 Å². The number of hydrogen-bond donors (Lipinski definition) is 2. The molecule has 2 aromatic rings. The molecule has 0 aliphatic heterocycles. The molecule has 24 heavy (non-hydrogen) atoms. The van der Waals surface area contributed by atoms with E-state index in [9.17, 15) is 4.79 Å². The summed E-state index contributed by atoms with van der Waals surface area (Å²) in [6.45, 7) is 1.88. The molecule has 3 rings (SSSR count). The first-order valence-corrected chi connectivity index (χ1v) is 8.23. The van der Waals surface area contributed by atoms with E-state index in [1.165, 1.54) is 0 Å². The second-order valence-electron chi connectivity index (χ2n) is 6.21. The van der Waals surface area contributed by atoms with Crippen LogP contribution in [0.25, 0.3) is 0 Å². The summed E-state index contributed by atoms with van der Waals surface area (Å²) < 4.78 is 5.59. The number of amides is 1. The van der Waals surface area contributed by atoms with E-state index in [4.69, 9.17) is 10.5 Å². The van der Waals surface area contributed by atoms with Crippen LogP contribution in [0.2, 0.25) is 0 Å². The Morgan fingerprint density at radius 2 is 2.08 bits per heavy atom. The standard InChI is InChI=1S/C18H22N4O2/c1-12-9-10-20-18(21-12)24-15-7-5-14(6-8-15)22-17(23)11-13-3-2-4-16(13)19/h5-10,13,16H,2-4,11,19H2,1H3,(H,22,23)/t13-,16+/m0/s1. The van der Waals surface area contributed by atoms with Crippen LogP contribution < -0.4 is 15.8 Å². The van der Waals surface area contributed by atoms with Gasteiger partial charge in [0, 0.05) is 30.0 Å².